The fraction of sp³-hybridized carbons (Fsp3) is 0.500. The first-order valence-electron chi connectivity index (χ1n) is 6.52. The quantitative estimate of drug-likeness (QED) is 0.314. The van der Waals surface area contributed by atoms with E-state index in [-0.39, 0.29) is 24.0 Å². The van der Waals surface area contributed by atoms with Crippen molar-refractivity contribution in [2.75, 3.05) is 26.8 Å². The molecule has 0 amide bonds. The van der Waals surface area contributed by atoms with Crippen molar-refractivity contribution in [1.29, 1.82) is 0 Å². The molecule has 0 atom stereocenters. The molecule has 4 nitrogen and oxygen atoms in total. The van der Waals surface area contributed by atoms with Crippen LogP contribution < -0.4 is 10.6 Å². The molecular formula is C14H23ClIN3O. The minimum absolute atomic E-state index is 0. The highest BCUT2D eigenvalue weighted by molar-refractivity contribution is 14.0. The zero-order chi connectivity index (χ0) is 13.9. The summed E-state index contributed by atoms with van der Waals surface area (Å²) in [4.78, 5) is 4.51. The van der Waals surface area contributed by atoms with Gasteiger partial charge in [0.05, 0.1) is 6.54 Å². The van der Waals surface area contributed by atoms with Crippen LogP contribution in [0.5, 0.6) is 0 Å². The van der Waals surface area contributed by atoms with Crippen LogP contribution in [0.4, 0.5) is 0 Å². The molecule has 1 aromatic carbocycles. The van der Waals surface area contributed by atoms with Gasteiger partial charge in [0.1, 0.15) is 0 Å². The Morgan fingerprint density at radius 2 is 2.05 bits per heavy atom. The van der Waals surface area contributed by atoms with Crippen molar-refractivity contribution in [2.45, 2.75) is 19.9 Å². The summed E-state index contributed by atoms with van der Waals surface area (Å²) < 4.78 is 5.01. The monoisotopic (exact) mass is 411 g/mol. The van der Waals surface area contributed by atoms with Crippen LogP contribution in [0.15, 0.2) is 29.3 Å². The molecule has 0 aliphatic carbocycles. The highest BCUT2D eigenvalue weighted by Gasteiger charge is 2.00. The number of nitrogens with zero attached hydrogens (tertiary/aromatic N) is 1. The number of rotatable bonds is 7. The molecule has 0 saturated heterocycles. The van der Waals surface area contributed by atoms with Crippen molar-refractivity contribution >= 4 is 41.5 Å². The van der Waals surface area contributed by atoms with Crippen molar-refractivity contribution in [3.63, 3.8) is 0 Å². The first kappa shape index (κ1) is 19.5. The zero-order valence-electron chi connectivity index (χ0n) is 12.0. The summed E-state index contributed by atoms with van der Waals surface area (Å²) in [5, 5.41) is 7.22. The Hall–Kier alpha value is -0.530. The van der Waals surface area contributed by atoms with Crippen molar-refractivity contribution in [3.05, 3.63) is 34.9 Å². The van der Waals surface area contributed by atoms with Gasteiger partial charge in [0.2, 0.25) is 0 Å². The van der Waals surface area contributed by atoms with Crippen molar-refractivity contribution < 1.29 is 4.74 Å². The van der Waals surface area contributed by atoms with Crippen LogP contribution in [0.3, 0.4) is 0 Å². The Morgan fingerprint density at radius 3 is 2.70 bits per heavy atom. The van der Waals surface area contributed by atoms with E-state index in [0.29, 0.717) is 6.54 Å². The summed E-state index contributed by atoms with van der Waals surface area (Å²) in [6.45, 7) is 5.03. The molecule has 0 fully saturated rings. The average molecular weight is 412 g/mol. The van der Waals surface area contributed by atoms with E-state index in [2.05, 4.69) is 15.6 Å². The zero-order valence-corrected chi connectivity index (χ0v) is 15.1. The molecule has 2 N–H and O–H groups in total. The van der Waals surface area contributed by atoms with E-state index < -0.39 is 0 Å². The Kier molecular flexibility index (Phi) is 11.9. The second kappa shape index (κ2) is 12.2. The van der Waals surface area contributed by atoms with Gasteiger partial charge in [-0.1, -0.05) is 29.8 Å². The lowest BCUT2D eigenvalue weighted by Gasteiger charge is -2.11. The Balaban J connectivity index is 0.00000361. The van der Waals surface area contributed by atoms with Gasteiger partial charge in [-0.05, 0) is 25.0 Å². The fourth-order valence-electron chi connectivity index (χ4n) is 1.56. The normalized spacial score (nSPS) is 10.8. The van der Waals surface area contributed by atoms with Crippen LogP contribution in [0, 0.1) is 0 Å². The average Bonchev–Trinajstić information content (AvgIpc) is 2.42. The maximum Gasteiger partial charge on any atom is 0.191 e. The summed E-state index contributed by atoms with van der Waals surface area (Å²) in [5.41, 5.74) is 1.03. The number of benzene rings is 1. The van der Waals surface area contributed by atoms with Gasteiger partial charge in [0, 0.05) is 31.8 Å². The van der Waals surface area contributed by atoms with Gasteiger partial charge in [-0.25, -0.2) is 4.99 Å². The molecule has 114 valence electrons. The lowest BCUT2D eigenvalue weighted by molar-refractivity contribution is 0.195. The molecule has 20 heavy (non-hydrogen) atoms. The Labute approximate surface area is 143 Å². The van der Waals surface area contributed by atoms with Gasteiger partial charge in [-0.3, -0.25) is 0 Å². The lowest BCUT2D eigenvalue weighted by Crippen LogP contribution is -2.38. The van der Waals surface area contributed by atoms with Gasteiger partial charge in [-0.15, -0.1) is 24.0 Å². The third kappa shape index (κ3) is 7.91. The van der Waals surface area contributed by atoms with Gasteiger partial charge in [-0.2, -0.15) is 0 Å². The number of aliphatic imine (C=N–C) groups is 1. The summed E-state index contributed by atoms with van der Waals surface area (Å²) in [7, 11) is 1.71. The van der Waals surface area contributed by atoms with Gasteiger partial charge in [0.25, 0.3) is 0 Å². The number of methoxy groups -OCH3 is 1. The maximum atomic E-state index is 6.10. The molecule has 1 aromatic rings. The van der Waals surface area contributed by atoms with Crippen LogP contribution in [-0.4, -0.2) is 32.8 Å². The van der Waals surface area contributed by atoms with Gasteiger partial charge >= 0.3 is 0 Å². The van der Waals surface area contributed by atoms with E-state index in [1.54, 1.807) is 7.11 Å². The van der Waals surface area contributed by atoms with Gasteiger partial charge < -0.3 is 15.4 Å². The van der Waals surface area contributed by atoms with E-state index in [9.17, 15) is 0 Å². The predicted molar refractivity (Wildman–Crippen MR) is 96.2 cm³/mol. The molecule has 0 aliphatic heterocycles. The number of guanidine groups is 1. The Bertz CT molecular complexity index is 402. The molecular weight excluding hydrogens is 389 g/mol. The first-order chi connectivity index (χ1) is 9.27. The molecule has 0 unspecified atom stereocenters. The van der Waals surface area contributed by atoms with Crippen LogP contribution in [0.1, 0.15) is 18.9 Å². The molecule has 0 aromatic heterocycles. The molecule has 1 rings (SSSR count). The molecule has 0 aliphatic rings. The maximum absolute atomic E-state index is 6.10. The highest BCUT2D eigenvalue weighted by atomic mass is 127. The van der Waals surface area contributed by atoms with Gasteiger partial charge in [0.15, 0.2) is 5.96 Å². The second-order valence-corrected chi connectivity index (χ2v) is 4.47. The van der Waals surface area contributed by atoms with E-state index in [4.69, 9.17) is 16.3 Å². The number of ether oxygens (including phenoxy) is 1. The van der Waals surface area contributed by atoms with Crippen LogP contribution in [0.2, 0.25) is 5.02 Å². The topological polar surface area (TPSA) is 45.7 Å². The third-order valence-corrected chi connectivity index (χ3v) is 2.90. The number of halogens is 2. The molecule has 6 heteroatoms. The minimum atomic E-state index is 0. The third-order valence-electron chi connectivity index (χ3n) is 2.53. The van der Waals surface area contributed by atoms with E-state index in [1.807, 2.05) is 31.2 Å². The van der Waals surface area contributed by atoms with Crippen LogP contribution in [-0.2, 0) is 11.3 Å². The minimum Gasteiger partial charge on any atom is -0.385 e. The number of nitrogens with one attached hydrogen (secondary N) is 2. The Morgan fingerprint density at radius 1 is 1.30 bits per heavy atom. The summed E-state index contributed by atoms with van der Waals surface area (Å²) in [6, 6.07) is 7.76. The van der Waals surface area contributed by atoms with E-state index in [0.717, 1.165) is 42.7 Å². The second-order valence-electron chi connectivity index (χ2n) is 4.06. The van der Waals surface area contributed by atoms with E-state index in [1.165, 1.54) is 0 Å². The predicted octanol–water partition coefficient (Wildman–Crippen LogP) is 3.05. The van der Waals surface area contributed by atoms with Crippen molar-refractivity contribution in [1.82, 2.24) is 10.6 Å². The lowest BCUT2D eigenvalue weighted by atomic mass is 10.2. The number of hydrogen-bond donors (Lipinski definition) is 2. The molecule has 0 spiro atoms. The number of hydrogen-bond acceptors (Lipinski definition) is 2. The molecule has 0 bridgehead atoms. The standard InChI is InChI=1S/C14H22ClN3O.HI/c1-3-16-14(17-9-6-10-19-2)18-11-12-7-4-5-8-13(12)15;/h4-5,7-8H,3,6,9-11H2,1-2H3,(H2,16,17,18);1H. The van der Waals surface area contributed by atoms with E-state index >= 15 is 0 Å². The summed E-state index contributed by atoms with van der Waals surface area (Å²) in [5.74, 6) is 0.804. The van der Waals surface area contributed by atoms with Crippen LogP contribution >= 0.6 is 35.6 Å². The SMILES string of the molecule is CCNC(=NCc1ccccc1Cl)NCCCOC.I. The fourth-order valence-corrected chi connectivity index (χ4v) is 1.75. The highest BCUT2D eigenvalue weighted by Crippen LogP contribution is 2.15. The molecule has 0 heterocycles. The summed E-state index contributed by atoms with van der Waals surface area (Å²) >= 11 is 6.10. The summed E-state index contributed by atoms with van der Waals surface area (Å²) in [6.07, 6.45) is 0.951. The largest absolute Gasteiger partial charge is 0.385 e. The molecule has 0 radical (unpaired) electrons. The van der Waals surface area contributed by atoms with Crippen molar-refractivity contribution in [2.24, 2.45) is 4.99 Å². The smallest absolute Gasteiger partial charge is 0.191 e. The first-order valence-corrected chi connectivity index (χ1v) is 6.90. The molecule has 0 saturated carbocycles. The van der Waals surface area contributed by atoms with Crippen LogP contribution in [0.25, 0.3) is 0 Å². The van der Waals surface area contributed by atoms with Crippen molar-refractivity contribution in [3.8, 4) is 0 Å².